The highest BCUT2D eigenvalue weighted by Gasteiger charge is 2.40. The minimum absolute atomic E-state index is 0.270. The van der Waals surface area contributed by atoms with Gasteiger partial charge in [-0.1, -0.05) is 45.4 Å². The number of halogens is 1. The maximum atomic E-state index is 6.51. The zero-order valence-corrected chi connectivity index (χ0v) is 14.5. The van der Waals surface area contributed by atoms with Crippen molar-refractivity contribution in [1.29, 1.82) is 0 Å². The second kappa shape index (κ2) is 12.9. The molecule has 0 aliphatic heterocycles. The summed E-state index contributed by atoms with van der Waals surface area (Å²) in [6.07, 6.45) is 8.36. The summed E-state index contributed by atoms with van der Waals surface area (Å²) in [5.74, 6) is -1.08. The van der Waals surface area contributed by atoms with Crippen LogP contribution in [0.5, 0.6) is 0 Å². The lowest BCUT2D eigenvalue weighted by Gasteiger charge is -2.36. The number of alkyl halides is 1. The molecule has 0 aliphatic rings. The van der Waals surface area contributed by atoms with Crippen molar-refractivity contribution in [3.8, 4) is 0 Å². The number of hydrogen-bond donors (Lipinski definition) is 0. The van der Waals surface area contributed by atoms with Crippen LogP contribution < -0.4 is 0 Å². The van der Waals surface area contributed by atoms with E-state index in [1.165, 1.54) is 32.1 Å². The summed E-state index contributed by atoms with van der Waals surface area (Å²) in [6, 6.07) is 0. The van der Waals surface area contributed by atoms with E-state index in [0.29, 0.717) is 19.8 Å². The molecule has 0 fully saturated rings. The van der Waals surface area contributed by atoms with Crippen molar-refractivity contribution in [2.24, 2.45) is 0 Å². The molecule has 0 N–H and O–H groups in total. The Labute approximate surface area is 130 Å². The van der Waals surface area contributed by atoms with Crippen LogP contribution in [0, 0.1) is 0 Å². The highest BCUT2D eigenvalue weighted by atomic mass is 35.5. The van der Waals surface area contributed by atoms with Gasteiger partial charge >= 0.3 is 0 Å². The van der Waals surface area contributed by atoms with E-state index in [-0.39, 0.29) is 5.38 Å². The first kappa shape index (κ1) is 20.2. The first-order valence-electron chi connectivity index (χ1n) is 8.22. The van der Waals surface area contributed by atoms with Gasteiger partial charge in [0.1, 0.15) is 5.38 Å². The molecule has 122 valence electrons. The molecular weight excluding hydrogens is 276 g/mol. The Morgan fingerprint density at radius 1 is 0.750 bits per heavy atom. The van der Waals surface area contributed by atoms with Crippen LogP contribution in [0.4, 0.5) is 0 Å². The Bertz CT molecular complexity index is 195. The molecule has 0 aromatic carbocycles. The van der Waals surface area contributed by atoms with E-state index in [1.807, 2.05) is 20.8 Å². The van der Waals surface area contributed by atoms with Gasteiger partial charge in [-0.25, -0.2) is 0 Å². The monoisotopic (exact) mass is 308 g/mol. The third kappa shape index (κ3) is 7.82. The highest BCUT2D eigenvalue weighted by Crippen LogP contribution is 2.29. The Morgan fingerprint density at radius 3 is 1.65 bits per heavy atom. The van der Waals surface area contributed by atoms with Crippen molar-refractivity contribution >= 4 is 11.6 Å². The lowest BCUT2D eigenvalue weighted by molar-refractivity contribution is -0.377. The molecule has 0 spiro atoms. The van der Waals surface area contributed by atoms with E-state index in [1.54, 1.807) is 0 Å². The maximum Gasteiger partial charge on any atom is 0.300 e. The quantitative estimate of drug-likeness (QED) is 0.253. The molecule has 1 unspecified atom stereocenters. The van der Waals surface area contributed by atoms with Gasteiger partial charge in [-0.05, 0) is 27.2 Å². The molecule has 1 atom stereocenters. The standard InChI is InChI=1S/C16H33ClO3/c1-5-9-10-11-12-13-14-15(17)16(18-6-2,19-7-3)20-8-4/h15H,5-14H2,1-4H3. The zero-order valence-electron chi connectivity index (χ0n) is 13.8. The van der Waals surface area contributed by atoms with Gasteiger partial charge in [0.15, 0.2) is 0 Å². The molecule has 0 saturated heterocycles. The van der Waals surface area contributed by atoms with E-state index >= 15 is 0 Å². The fourth-order valence-electron chi connectivity index (χ4n) is 2.28. The van der Waals surface area contributed by atoms with Crippen molar-refractivity contribution < 1.29 is 14.2 Å². The van der Waals surface area contributed by atoms with Gasteiger partial charge in [-0.2, -0.15) is 0 Å². The molecule has 20 heavy (non-hydrogen) atoms. The molecule has 4 heteroatoms. The average molecular weight is 309 g/mol. The highest BCUT2D eigenvalue weighted by molar-refractivity contribution is 6.21. The topological polar surface area (TPSA) is 27.7 Å². The summed E-state index contributed by atoms with van der Waals surface area (Å²) in [7, 11) is 0. The van der Waals surface area contributed by atoms with E-state index in [4.69, 9.17) is 25.8 Å². The van der Waals surface area contributed by atoms with E-state index in [2.05, 4.69) is 6.92 Å². The van der Waals surface area contributed by atoms with Gasteiger partial charge in [0.25, 0.3) is 5.97 Å². The van der Waals surface area contributed by atoms with Crippen LogP contribution in [0.2, 0.25) is 0 Å². The Morgan fingerprint density at radius 2 is 1.20 bits per heavy atom. The molecule has 0 aromatic rings. The summed E-state index contributed by atoms with van der Waals surface area (Å²) in [5, 5.41) is -0.270. The number of ether oxygens (including phenoxy) is 3. The largest absolute Gasteiger partial charge is 0.327 e. The summed E-state index contributed by atoms with van der Waals surface area (Å²) in [5.41, 5.74) is 0. The van der Waals surface area contributed by atoms with Crippen LogP contribution in [-0.2, 0) is 14.2 Å². The molecule has 0 aliphatic carbocycles. The van der Waals surface area contributed by atoms with Gasteiger partial charge in [0, 0.05) is 19.8 Å². The van der Waals surface area contributed by atoms with Gasteiger partial charge in [-0.3, -0.25) is 0 Å². The first-order valence-corrected chi connectivity index (χ1v) is 8.66. The molecule has 0 saturated carbocycles. The molecule has 0 heterocycles. The van der Waals surface area contributed by atoms with Crippen molar-refractivity contribution in [3.05, 3.63) is 0 Å². The van der Waals surface area contributed by atoms with Crippen molar-refractivity contribution in [2.45, 2.75) is 84.0 Å². The SMILES string of the molecule is CCCCCCCCC(Cl)C(OCC)(OCC)OCC. The zero-order chi connectivity index (χ0) is 15.3. The van der Waals surface area contributed by atoms with Gasteiger partial charge in [0.05, 0.1) is 0 Å². The van der Waals surface area contributed by atoms with E-state index in [0.717, 1.165) is 12.8 Å². The lowest BCUT2D eigenvalue weighted by Crippen LogP contribution is -2.47. The molecule has 0 aromatic heterocycles. The molecule has 0 amide bonds. The lowest BCUT2D eigenvalue weighted by atomic mass is 10.1. The van der Waals surface area contributed by atoms with Crippen molar-refractivity contribution in [2.75, 3.05) is 19.8 Å². The van der Waals surface area contributed by atoms with E-state index in [9.17, 15) is 0 Å². The first-order chi connectivity index (χ1) is 9.66. The van der Waals surface area contributed by atoms with Crippen LogP contribution >= 0.6 is 11.6 Å². The predicted octanol–water partition coefficient (Wildman–Crippen LogP) is 5.11. The summed E-state index contributed by atoms with van der Waals surface area (Å²) in [6.45, 7) is 9.61. The summed E-state index contributed by atoms with van der Waals surface area (Å²) < 4.78 is 17.1. The second-order valence-corrected chi connectivity index (χ2v) is 5.45. The number of hydrogen-bond acceptors (Lipinski definition) is 3. The third-order valence-corrected chi connectivity index (χ3v) is 3.72. The van der Waals surface area contributed by atoms with E-state index < -0.39 is 5.97 Å². The normalized spacial score (nSPS) is 13.7. The Balaban J connectivity index is 4.20. The molecule has 0 bridgehead atoms. The van der Waals surface area contributed by atoms with Crippen LogP contribution in [0.25, 0.3) is 0 Å². The van der Waals surface area contributed by atoms with Crippen LogP contribution in [0.15, 0.2) is 0 Å². The number of unbranched alkanes of at least 4 members (excludes halogenated alkanes) is 5. The Kier molecular flexibility index (Phi) is 13.0. The van der Waals surface area contributed by atoms with Crippen molar-refractivity contribution in [1.82, 2.24) is 0 Å². The second-order valence-electron chi connectivity index (χ2n) is 4.93. The van der Waals surface area contributed by atoms with Crippen LogP contribution in [-0.4, -0.2) is 31.2 Å². The molecular formula is C16H33ClO3. The van der Waals surface area contributed by atoms with Gasteiger partial charge in [0.2, 0.25) is 0 Å². The Hall–Kier alpha value is 0.170. The minimum Gasteiger partial charge on any atom is -0.327 e. The molecule has 3 nitrogen and oxygen atoms in total. The summed E-state index contributed by atoms with van der Waals surface area (Å²) >= 11 is 6.51. The maximum absolute atomic E-state index is 6.51. The minimum atomic E-state index is -1.08. The van der Waals surface area contributed by atoms with Gasteiger partial charge in [-0.15, -0.1) is 11.6 Å². The summed E-state index contributed by atoms with van der Waals surface area (Å²) in [4.78, 5) is 0. The smallest absolute Gasteiger partial charge is 0.300 e. The molecule has 0 radical (unpaired) electrons. The number of rotatable bonds is 14. The van der Waals surface area contributed by atoms with Crippen LogP contribution in [0.3, 0.4) is 0 Å². The van der Waals surface area contributed by atoms with Gasteiger partial charge < -0.3 is 14.2 Å². The molecule has 0 rings (SSSR count). The average Bonchev–Trinajstić information content (AvgIpc) is 2.43. The fourth-order valence-corrected chi connectivity index (χ4v) is 2.62. The van der Waals surface area contributed by atoms with Crippen LogP contribution in [0.1, 0.15) is 72.6 Å². The predicted molar refractivity (Wildman–Crippen MR) is 85.2 cm³/mol. The fraction of sp³-hybridized carbons (Fsp3) is 1.00. The van der Waals surface area contributed by atoms with Crippen molar-refractivity contribution in [3.63, 3.8) is 0 Å². The third-order valence-electron chi connectivity index (χ3n) is 3.23.